The second-order valence-electron chi connectivity index (χ2n) is 9.59. The lowest BCUT2D eigenvalue weighted by molar-refractivity contribution is -0.286. The molecule has 0 aromatic heterocycles. The van der Waals surface area contributed by atoms with Gasteiger partial charge in [0.2, 0.25) is 12.0 Å². The zero-order valence-corrected chi connectivity index (χ0v) is 21.8. The first-order valence-corrected chi connectivity index (χ1v) is 13.5. The molecule has 0 saturated carbocycles. The summed E-state index contributed by atoms with van der Waals surface area (Å²) in [6.07, 6.45) is -16.1. The van der Waals surface area contributed by atoms with E-state index in [0.717, 1.165) is 6.08 Å². The normalized spacial score (nSPS) is 42.6. The highest BCUT2D eigenvalue weighted by atomic mass is 32.3. The molecule has 0 bridgehead atoms. The van der Waals surface area contributed by atoms with Gasteiger partial charge in [0, 0.05) is 11.8 Å². The Kier molecular flexibility index (Phi) is 11.2. The average molecular weight is 607 g/mol. The second kappa shape index (κ2) is 13.6. The van der Waals surface area contributed by atoms with Crippen molar-refractivity contribution in [2.24, 2.45) is 11.8 Å². The standard InChI is InChI=1S/C21H34O18S/c1-7-14(24)18(39-40(31,32)33)17(27)13(36-7)6-34-4-8-9(20(30)37-12(3-22)15(8)25)5-35-21-16(26)10(23)2-11(38-21)19(28)29/h2,7-10,12-18,20-27,30H,3-6H2,1H3,(H,28,29)(H,31,32,33). The van der Waals surface area contributed by atoms with Gasteiger partial charge >= 0.3 is 16.4 Å². The van der Waals surface area contributed by atoms with Gasteiger partial charge in [0.25, 0.3) is 0 Å². The van der Waals surface area contributed by atoms with Crippen LogP contribution in [0.2, 0.25) is 0 Å². The van der Waals surface area contributed by atoms with Crippen molar-refractivity contribution in [1.29, 1.82) is 0 Å². The number of aliphatic hydroxyl groups excluding tert-OH is 7. The third-order valence-corrected chi connectivity index (χ3v) is 7.30. The van der Waals surface area contributed by atoms with E-state index >= 15 is 0 Å². The van der Waals surface area contributed by atoms with Gasteiger partial charge in [-0.05, 0) is 13.0 Å². The molecule has 3 heterocycles. The third kappa shape index (κ3) is 7.83. The Labute approximate surface area is 227 Å². The number of carboxylic acids is 1. The van der Waals surface area contributed by atoms with E-state index in [2.05, 4.69) is 4.18 Å². The molecule has 0 spiro atoms. The largest absolute Gasteiger partial charge is 0.475 e. The summed E-state index contributed by atoms with van der Waals surface area (Å²) in [6.45, 7) is -0.714. The van der Waals surface area contributed by atoms with Crippen LogP contribution in [-0.4, -0.2) is 154 Å². The second-order valence-corrected chi connectivity index (χ2v) is 10.6. The highest BCUT2D eigenvalue weighted by Crippen LogP contribution is 2.33. The molecule has 0 aromatic carbocycles. The van der Waals surface area contributed by atoms with Gasteiger partial charge in [0.15, 0.2) is 6.29 Å². The summed E-state index contributed by atoms with van der Waals surface area (Å²) >= 11 is 0. The van der Waals surface area contributed by atoms with Gasteiger partial charge in [-0.25, -0.2) is 8.98 Å². The van der Waals surface area contributed by atoms with Crippen LogP contribution < -0.4 is 0 Å². The monoisotopic (exact) mass is 606 g/mol. The maximum absolute atomic E-state index is 11.2. The summed E-state index contributed by atoms with van der Waals surface area (Å²) in [4.78, 5) is 11.2. The van der Waals surface area contributed by atoms with Crippen molar-refractivity contribution in [2.75, 3.05) is 26.4 Å². The number of aliphatic carboxylic acids is 1. The predicted molar refractivity (Wildman–Crippen MR) is 123 cm³/mol. The molecule has 0 amide bonds. The molecule has 232 valence electrons. The molecular formula is C21H34O18S. The fraction of sp³-hybridized carbons (Fsp3) is 0.857. The fourth-order valence-electron chi connectivity index (χ4n) is 4.62. The van der Waals surface area contributed by atoms with E-state index < -0.39 is 128 Å². The molecule has 2 saturated heterocycles. The van der Waals surface area contributed by atoms with E-state index in [-0.39, 0.29) is 0 Å². The molecule has 19 heteroatoms. The SMILES string of the molecule is CC1OC(COCC2C(O)C(CO)OC(O)C2COC2OC(C(=O)O)=CC(O)C2O)C(O)C(OS(=O)(=O)O)C1O. The molecule has 0 aromatic rings. The highest BCUT2D eigenvalue weighted by Gasteiger charge is 2.48. The fourth-order valence-corrected chi connectivity index (χ4v) is 5.13. The first-order chi connectivity index (χ1) is 18.6. The van der Waals surface area contributed by atoms with Gasteiger partial charge in [-0.15, -0.1) is 0 Å². The maximum atomic E-state index is 11.2. The van der Waals surface area contributed by atoms with E-state index in [0.29, 0.717) is 0 Å². The molecule has 13 atom stereocenters. The summed E-state index contributed by atoms with van der Waals surface area (Å²) in [5, 5.41) is 80.4. The lowest BCUT2D eigenvalue weighted by atomic mass is 9.83. The summed E-state index contributed by atoms with van der Waals surface area (Å²) < 4.78 is 62.2. The van der Waals surface area contributed by atoms with Crippen molar-refractivity contribution < 1.29 is 86.5 Å². The number of hydrogen-bond acceptors (Lipinski definition) is 16. The van der Waals surface area contributed by atoms with E-state index in [1.165, 1.54) is 6.92 Å². The molecule has 3 aliphatic rings. The Morgan fingerprint density at radius 1 is 0.925 bits per heavy atom. The lowest BCUT2D eigenvalue weighted by Gasteiger charge is -2.44. The Hall–Kier alpha value is -1.56. The number of carbonyl (C=O) groups is 1. The summed E-state index contributed by atoms with van der Waals surface area (Å²) in [6, 6.07) is 0. The first-order valence-electron chi connectivity index (χ1n) is 12.1. The topological polar surface area (TPSA) is 289 Å². The van der Waals surface area contributed by atoms with E-state index in [1.54, 1.807) is 0 Å². The van der Waals surface area contributed by atoms with Crippen LogP contribution in [0.15, 0.2) is 11.8 Å². The van der Waals surface area contributed by atoms with E-state index in [4.69, 9.17) is 33.3 Å². The molecule has 18 nitrogen and oxygen atoms in total. The lowest BCUT2D eigenvalue weighted by Crippen LogP contribution is -2.59. The van der Waals surface area contributed by atoms with Gasteiger partial charge in [-0.3, -0.25) is 4.55 Å². The number of hydrogen-bond donors (Lipinski definition) is 9. The molecule has 3 aliphatic heterocycles. The Balaban J connectivity index is 1.67. The molecule has 13 unspecified atom stereocenters. The van der Waals surface area contributed by atoms with Crippen molar-refractivity contribution >= 4 is 16.4 Å². The van der Waals surface area contributed by atoms with Crippen molar-refractivity contribution in [3.63, 3.8) is 0 Å². The Bertz CT molecular complexity index is 990. The van der Waals surface area contributed by atoms with Crippen molar-refractivity contribution in [1.82, 2.24) is 0 Å². The van der Waals surface area contributed by atoms with Gasteiger partial charge < -0.3 is 64.5 Å². The molecule has 0 aliphatic carbocycles. The molecule has 2 fully saturated rings. The third-order valence-electron chi connectivity index (χ3n) is 6.84. The molecular weight excluding hydrogens is 572 g/mol. The maximum Gasteiger partial charge on any atom is 0.397 e. The first kappa shape index (κ1) is 32.9. The number of rotatable bonds is 11. The molecule has 3 rings (SSSR count). The average Bonchev–Trinajstić information content (AvgIpc) is 2.87. The Morgan fingerprint density at radius 2 is 1.60 bits per heavy atom. The Morgan fingerprint density at radius 3 is 2.20 bits per heavy atom. The van der Waals surface area contributed by atoms with Crippen LogP contribution in [0, 0.1) is 11.8 Å². The summed E-state index contributed by atoms with van der Waals surface area (Å²) in [7, 11) is -5.04. The van der Waals surface area contributed by atoms with Crippen molar-refractivity contribution in [3.8, 4) is 0 Å². The van der Waals surface area contributed by atoms with Crippen LogP contribution in [-0.2, 0) is 43.1 Å². The number of carboxylic acid groups (broad SMARTS) is 1. The summed E-state index contributed by atoms with van der Waals surface area (Å²) in [5.74, 6) is -4.40. The van der Waals surface area contributed by atoms with Gasteiger partial charge in [0.05, 0.1) is 38.6 Å². The minimum absolute atomic E-state index is 0.392. The van der Waals surface area contributed by atoms with Gasteiger partial charge in [-0.1, -0.05) is 0 Å². The van der Waals surface area contributed by atoms with E-state index in [9.17, 15) is 49.0 Å². The van der Waals surface area contributed by atoms with Crippen LogP contribution >= 0.6 is 0 Å². The van der Waals surface area contributed by atoms with Crippen LogP contribution in [0.1, 0.15) is 6.92 Å². The quantitative estimate of drug-likeness (QED) is 0.0995. The van der Waals surface area contributed by atoms with Crippen LogP contribution in [0.5, 0.6) is 0 Å². The molecule has 40 heavy (non-hydrogen) atoms. The smallest absolute Gasteiger partial charge is 0.397 e. The van der Waals surface area contributed by atoms with Gasteiger partial charge in [0.1, 0.15) is 42.7 Å². The highest BCUT2D eigenvalue weighted by molar-refractivity contribution is 7.80. The van der Waals surface area contributed by atoms with E-state index in [1.807, 2.05) is 0 Å². The molecule has 9 N–H and O–H groups in total. The predicted octanol–water partition coefficient (Wildman–Crippen LogP) is -4.93. The number of aliphatic hydroxyl groups is 7. The number of ether oxygens (including phenoxy) is 5. The van der Waals surface area contributed by atoms with Crippen molar-refractivity contribution in [3.05, 3.63) is 11.8 Å². The van der Waals surface area contributed by atoms with Crippen molar-refractivity contribution in [2.45, 2.75) is 74.4 Å². The van der Waals surface area contributed by atoms with Crippen LogP contribution in [0.3, 0.4) is 0 Å². The summed E-state index contributed by atoms with van der Waals surface area (Å²) in [5.41, 5.74) is 0. The van der Waals surface area contributed by atoms with Crippen LogP contribution in [0.25, 0.3) is 0 Å². The molecule has 0 radical (unpaired) electrons. The minimum atomic E-state index is -5.04. The minimum Gasteiger partial charge on any atom is -0.475 e. The zero-order valence-electron chi connectivity index (χ0n) is 21.0. The zero-order chi connectivity index (χ0) is 29.9. The van der Waals surface area contributed by atoms with Crippen LogP contribution in [0.4, 0.5) is 0 Å². The van der Waals surface area contributed by atoms with Gasteiger partial charge in [-0.2, -0.15) is 8.42 Å².